The predicted octanol–water partition coefficient (Wildman–Crippen LogP) is 9.11. The van der Waals surface area contributed by atoms with Crippen molar-refractivity contribution < 1.29 is 5.11 Å². The van der Waals surface area contributed by atoms with Crippen molar-refractivity contribution in [1.29, 1.82) is 0 Å². The molecule has 2 aromatic heterocycles. The number of fused-ring (bicyclic) bond motifs is 1. The van der Waals surface area contributed by atoms with Crippen molar-refractivity contribution in [3.05, 3.63) is 174 Å². The van der Waals surface area contributed by atoms with Crippen molar-refractivity contribution in [1.82, 2.24) is 9.97 Å². The lowest BCUT2D eigenvalue weighted by Crippen LogP contribution is -2.32. The Morgan fingerprint density at radius 2 is 1.20 bits per heavy atom. The van der Waals surface area contributed by atoms with Gasteiger partial charge in [0.25, 0.3) is 0 Å². The Labute approximate surface area is 243 Å². The predicted molar refractivity (Wildman–Crippen MR) is 168 cm³/mol. The zero-order valence-electron chi connectivity index (χ0n) is 22.2. The molecule has 7 rings (SSSR count). The molecule has 0 unspecified atom stereocenters. The minimum atomic E-state index is -0.628. The van der Waals surface area contributed by atoms with Gasteiger partial charge < -0.3 is 5.11 Å². The highest BCUT2D eigenvalue weighted by atomic mass is 32.1. The van der Waals surface area contributed by atoms with Crippen LogP contribution in [0.2, 0.25) is 0 Å². The maximum atomic E-state index is 10.5. The molecule has 1 N–H and O–H groups in total. The molecular formula is C37H26N2OS. The molecule has 0 aliphatic rings. The lowest BCUT2D eigenvalue weighted by atomic mass is 9.66. The van der Waals surface area contributed by atoms with Gasteiger partial charge in [0.05, 0.1) is 26.9 Å². The van der Waals surface area contributed by atoms with E-state index in [4.69, 9.17) is 9.97 Å². The molecule has 0 saturated heterocycles. The molecule has 0 spiro atoms. The summed E-state index contributed by atoms with van der Waals surface area (Å²) >= 11 is 1.59. The van der Waals surface area contributed by atoms with Crippen molar-refractivity contribution in [2.45, 2.75) is 5.41 Å². The Hall–Kier alpha value is -5.06. The van der Waals surface area contributed by atoms with Crippen LogP contribution in [0, 0.1) is 0 Å². The maximum Gasteiger partial charge on any atom is 0.128 e. The smallest absolute Gasteiger partial charge is 0.128 e. The van der Waals surface area contributed by atoms with Crippen molar-refractivity contribution in [3.8, 4) is 27.4 Å². The van der Waals surface area contributed by atoms with Crippen LogP contribution in [0.15, 0.2) is 152 Å². The monoisotopic (exact) mass is 546 g/mol. The van der Waals surface area contributed by atoms with E-state index in [1.165, 1.54) is 0 Å². The second-order valence-electron chi connectivity index (χ2n) is 9.97. The third-order valence-corrected chi connectivity index (χ3v) is 8.68. The van der Waals surface area contributed by atoms with E-state index in [0.29, 0.717) is 0 Å². The Balaban J connectivity index is 1.47. The average Bonchev–Trinajstić information content (AvgIpc) is 3.48. The van der Waals surface area contributed by atoms with E-state index in [1.807, 2.05) is 30.5 Å². The molecule has 41 heavy (non-hydrogen) atoms. The number of thiazole rings is 1. The van der Waals surface area contributed by atoms with Crippen LogP contribution in [0.5, 0.6) is 5.75 Å². The average molecular weight is 547 g/mol. The van der Waals surface area contributed by atoms with E-state index in [2.05, 4.69) is 115 Å². The minimum Gasteiger partial charge on any atom is -0.507 e. The van der Waals surface area contributed by atoms with Gasteiger partial charge in [-0.3, -0.25) is 4.98 Å². The van der Waals surface area contributed by atoms with Gasteiger partial charge in [-0.25, -0.2) is 4.98 Å². The molecule has 196 valence electrons. The van der Waals surface area contributed by atoms with Gasteiger partial charge >= 0.3 is 0 Å². The molecule has 0 bridgehead atoms. The summed E-state index contributed by atoms with van der Waals surface area (Å²) in [4.78, 5) is 9.98. The van der Waals surface area contributed by atoms with Crippen LogP contribution in [0.4, 0.5) is 0 Å². The number of benzene rings is 5. The third-order valence-electron chi connectivity index (χ3n) is 7.62. The number of hydrogen-bond donors (Lipinski definition) is 1. The number of aromatic hydroxyl groups is 1. The topological polar surface area (TPSA) is 46.0 Å². The molecule has 0 amide bonds. The van der Waals surface area contributed by atoms with Crippen molar-refractivity contribution in [3.63, 3.8) is 0 Å². The van der Waals surface area contributed by atoms with Gasteiger partial charge in [-0.15, -0.1) is 11.3 Å². The van der Waals surface area contributed by atoms with E-state index in [9.17, 15) is 5.11 Å². The first kappa shape index (κ1) is 24.9. The van der Waals surface area contributed by atoms with Crippen LogP contribution in [0.3, 0.4) is 0 Å². The Morgan fingerprint density at radius 1 is 0.561 bits per heavy atom. The number of aromatic nitrogens is 2. The molecule has 0 fully saturated rings. The van der Waals surface area contributed by atoms with Crippen molar-refractivity contribution in [2.24, 2.45) is 0 Å². The molecule has 0 radical (unpaired) electrons. The number of hydrogen-bond acceptors (Lipinski definition) is 4. The fourth-order valence-corrected chi connectivity index (χ4v) is 6.80. The molecule has 4 heteroatoms. The fraction of sp³-hybridized carbons (Fsp3) is 0.0270. The molecule has 0 aliphatic carbocycles. The number of rotatable bonds is 6. The van der Waals surface area contributed by atoms with Gasteiger partial charge in [0.1, 0.15) is 10.8 Å². The molecule has 3 nitrogen and oxygen atoms in total. The first-order valence-corrected chi connectivity index (χ1v) is 14.4. The number of nitrogens with zero attached hydrogens (tertiary/aromatic N) is 2. The minimum absolute atomic E-state index is 0.237. The quantitative estimate of drug-likeness (QED) is 0.212. The van der Waals surface area contributed by atoms with Crippen LogP contribution in [0.25, 0.3) is 31.9 Å². The normalized spacial score (nSPS) is 11.5. The summed E-state index contributed by atoms with van der Waals surface area (Å²) in [5, 5.41) is 11.3. The van der Waals surface area contributed by atoms with Crippen LogP contribution in [-0.2, 0) is 5.41 Å². The van der Waals surface area contributed by atoms with Crippen molar-refractivity contribution >= 4 is 21.6 Å². The highest BCUT2D eigenvalue weighted by Crippen LogP contribution is 2.46. The van der Waals surface area contributed by atoms with E-state index in [0.717, 1.165) is 54.3 Å². The van der Waals surface area contributed by atoms with E-state index in [1.54, 1.807) is 17.4 Å². The van der Waals surface area contributed by atoms with Gasteiger partial charge in [-0.05, 0) is 58.7 Å². The van der Waals surface area contributed by atoms with E-state index < -0.39 is 5.41 Å². The highest BCUT2D eigenvalue weighted by Gasteiger charge is 2.39. The number of pyridine rings is 1. The van der Waals surface area contributed by atoms with Crippen LogP contribution in [-0.4, -0.2) is 15.1 Å². The van der Waals surface area contributed by atoms with Crippen LogP contribution in [0.1, 0.15) is 22.4 Å². The zero-order chi connectivity index (χ0) is 27.6. The molecular weight excluding hydrogens is 520 g/mol. The fourth-order valence-electron chi connectivity index (χ4n) is 5.78. The summed E-state index contributed by atoms with van der Waals surface area (Å²) in [6.07, 6.45) is 1.87. The number of para-hydroxylation sites is 2. The summed E-state index contributed by atoms with van der Waals surface area (Å²) in [5.74, 6) is 0.237. The van der Waals surface area contributed by atoms with E-state index in [-0.39, 0.29) is 5.75 Å². The first-order chi connectivity index (χ1) is 20.2. The third kappa shape index (κ3) is 4.30. The maximum absolute atomic E-state index is 10.5. The molecule has 0 aliphatic heterocycles. The summed E-state index contributed by atoms with van der Waals surface area (Å²) in [6.45, 7) is 0. The van der Waals surface area contributed by atoms with Gasteiger partial charge in [0.2, 0.25) is 0 Å². The van der Waals surface area contributed by atoms with Crippen LogP contribution >= 0.6 is 11.3 Å². The number of phenolic OH excluding ortho intramolecular Hbond substituents is 1. The Morgan fingerprint density at radius 3 is 1.90 bits per heavy atom. The molecule has 0 atom stereocenters. The molecule has 2 heterocycles. The molecule has 0 saturated carbocycles. The standard InChI is InChI=1S/C37H26N2OS/c40-32-21-8-7-19-31(32)36-39-35-30(20-12-22-33(35)41-36)26-13-11-18-29(25-26)37(27-14-3-1-4-15-27,28-16-5-2-6-17-28)34-23-9-10-24-38-34/h1-25,40H. The summed E-state index contributed by atoms with van der Waals surface area (Å²) < 4.78 is 1.08. The van der Waals surface area contributed by atoms with Gasteiger partial charge in [-0.1, -0.05) is 109 Å². The summed E-state index contributed by atoms with van der Waals surface area (Å²) in [6, 6.07) is 49.8. The molecule has 5 aromatic carbocycles. The first-order valence-electron chi connectivity index (χ1n) is 13.6. The van der Waals surface area contributed by atoms with Gasteiger partial charge in [0, 0.05) is 11.8 Å². The molecule has 7 aromatic rings. The largest absolute Gasteiger partial charge is 0.507 e. The summed E-state index contributed by atoms with van der Waals surface area (Å²) in [7, 11) is 0. The van der Waals surface area contributed by atoms with E-state index >= 15 is 0 Å². The zero-order valence-corrected chi connectivity index (χ0v) is 23.0. The summed E-state index contributed by atoms with van der Waals surface area (Å²) in [5.41, 5.74) is 7.56. The SMILES string of the molecule is Oc1ccccc1-c1nc2c(-c3cccc(C(c4ccccc4)(c4ccccc4)c4ccccn4)c3)cccc2s1. The highest BCUT2D eigenvalue weighted by molar-refractivity contribution is 7.21. The second-order valence-corrected chi connectivity index (χ2v) is 11.0. The number of phenols is 1. The lowest BCUT2D eigenvalue weighted by molar-refractivity contribution is 0.477. The Kier molecular flexibility index (Phi) is 6.38. The van der Waals surface area contributed by atoms with Gasteiger partial charge in [-0.2, -0.15) is 0 Å². The van der Waals surface area contributed by atoms with Crippen LogP contribution < -0.4 is 0 Å². The van der Waals surface area contributed by atoms with Crippen molar-refractivity contribution in [2.75, 3.05) is 0 Å². The lowest BCUT2D eigenvalue weighted by Gasteiger charge is -2.36. The second kappa shape index (κ2) is 10.5. The van der Waals surface area contributed by atoms with Gasteiger partial charge in [0.15, 0.2) is 0 Å². The Bertz CT molecular complexity index is 1850.